The van der Waals surface area contributed by atoms with E-state index in [-0.39, 0.29) is 12.5 Å². The Hall–Kier alpha value is -1.39. The molecule has 2 unspecified atom stereocenters. The van der Waals surface area contributed by atoms with Crippen molar-refractivity contribution in [2.24, 2.45) is 0 Å². The van der Waals surface area contributed by atoms with Crippen LogP contribution in [0.2, 0.25) is 0 Å². The van der Waals surface area contributed by atoms with Gasteiger partial charge in [0.05, 0.1) is 18.8 Å². The molecule has 0 aliphatic heterocycles. The van der Waals surface area contributed by atoms with Gasteiger partial charge in [0.2, 0.25) is 5.91 Å². The maximum absolute atomic E-state index is 12.1. The summed E-state index contributed by atoms with van der Waals surface area (Å²) < 4.78 is 0. The smallest absolute Gasteiger partial charge is 0.220 e. The first-order valence-electron chi connectivity index (χ1n) is 13.2. The van der Waals surface area contributed by atoms with Crippen LogP contribution >= 0.6 is 0 Å². The van der Waals surface area contributed by atoms with Crippen LogP contribution in [0, 0.1) is 0 Å². The number of nitrogens with one attached hydrogen (secondary N) is 1. The van der Waals surface area contributed by atoms with E-state index in [9.17, 15) is 15.0 Å². The summed E-state index contributed by atoms with van der Waals surface area (Å²) in [5.41, 5.74) is 0. The number of carbonyl (C=O) groups excluding carboxylic acids is 1. The van der Waals surface area contributed by atoms with Crippen LogP contribution in [0.25, 0.3) is 0 Å². The first-order valence-corrected chi connectivity index (χ1v) is 13.2. The van der Waals surface area contributed by atoms with Crippen molar-refractivity contribution in [3.63, 3.8) is 0 Å². The number of carbonyl (C=O) groups is 1. The highest BCUT2D eigenvalue weighted by Gasteiger charge is 2.17. The minimum Gasteiger partial charge on any atom is -0.394 e. The van der Waals surface area contributed by atoms with Gasteiger partial charge in [0.1, 0.15) is 0 Å². The van der Waals surface area contributed by atoms with Crippen LogP contribution in [0.1, 0.15) is 117 Å². The number of aliphatic hydroxyl groups excluding tert-OH is 2. The number of hydrogen-bond donors (Lipinski definition) is 3. The molecule has 0 aromatic heterocycles. The summed E-state index contributed by atoms with van der Waals surface area (Å²) in [5, 5.41) is 22.5. The van der Waals surface area contributed by atoms with Gasteiger partial charge in [-0.1, -0.05) is 102 Å². The van der Waals surface area contributed by atoms with Crippen molar-refractivity contribution < 1.29 is 15.0 Å². The van der Waals surface area contributed by atoms with Gasteiger partial charge in [-0.05, 0) is 44.9 Å². The van der Waals surface area contributed by atoms with E-state index in [1.165, 1.54) is 51.4 Å². The number of aliphatic hydroxyl groups is 2. The van der Waals surface area contributed by atoms with Crippen molar-refractivity contribution in [3.8, 4) is 0 Å². The lowest BCUT2D eigenvalue weighted by Crippen LogP contribution is -2.45. The van der Waals surface area contributed by atoms with Gasteiger partial charge in [0.15, 0.2) is 0 Å². The first kappa shape index (κ1) is 30.6. The summed E-state index contributed by atoms with van der Waals surface area (Å²) in [6.07, 6.45) is 29.3. The summed E-state index contributed by atoms with van der Waals surface area (Å²) in [6.45, 7) is 4.14. The summed E-state index contributed by atoms with van der Waals surface area (Å²) in [4.78, 5) is 12.1. The highest BCUT2D eigenvalue weighted by Crippen LogP contribution is 2.09. The molecule has 2 atom stereocenters. The molecule has 1 amide bonds. The monoisotopic (exact) mass is 449 g/mol. The SMILES string of the molecule is CCC/C=C\C/C=C\CCCCCCCC(=O)NC(CO)C(O)/C=C/CCCCCCC. The number of amides is 1. The summed E-state index contributed by atoms with van der Waals surface area (Å²) in [5.74, 6) is -0.0878. The molecule has 0 radical (unpaired) electrons. The number of hydrogen-bond acceptors (Lipinski definition) is 3. The molecule has 0 aliphatic rings. The van der Waals surface area contributed by atoms with Gasteiger partial charge in [0.25, 0.3) is 0 Å². The second kappa shape index (κ2) is 24.3. The molecule has 0 spiro atoms. The van der Waals surface area contributed by atoms with Crippen molar-refractivity contribution >= 4 is 5.91 Å². The maximum atomic E-state index is 12.1. The van der Waals surface area contributed by atoms with Crippen LogP contribution in [-0.4, -0.2) is 34.9 Å². The van der Waals surface area contributed by atoms with E-state index >= 15 is 0 Å². The molecule has 0 aromatic carbocycles. The van der Waals surface area contributed by atoms with Crippen LogP contribution in [0.5, 0.6) is 0 Å². The fraction of sp³-hybridized carbons (Fsp3) is 0.750. The Kier molecular flexibility index (Phi) is 23.2. The zero-order valence-corrected chi connectivity index (χ0v) is 20.9. The molecule has 0 aliphatic carbocycles. The Morgan fingerprint density at radius 1 is 0.750 bits per heavy atom. The van der Waals surface area contributed by atoms with Crippen molar-refractivity contribution in [3.05, 3.63) is 36.5 Å². The lowest BCUT2D eigenvalue weighted by Gasteiger charge is -2.20. The van der Waals surface area contributed by atoms with E-state index in [1.54, 1.807) is 6.08 Å². The normalized spacial score (nSPS) is 14.0. The minimum atomic E-state index is -0.838. The van der Waals surface area contributed by atoms with Crippen LogP contribution in [0.15, 0.2) is 36.5 Å². The third kappa shape index (κ3) is 20.5. The molecule has 0 bridgehead atoms. The second-order valence-electron chi connectivity index (χ2n) is 8.75. The molecule has 3 N–H and O–H groups in total. The standard InChI is InChI=1S/C28H51NO3/c1-3-5-7-9-11-12-13-14-15-16-18-20-22-24-28(32)29-26(25-30)27(31)23-21-19-17-10-8-6-4-2/h7,9,12-13,21,23,26-27,30-31H,3-6,8,10-11,14-20,22,24-25H2,1-2H3,(H,29,32)/b9-7-,13-12-,23-21+. The molecule has 4 heteroatoms. The zero-order chi connectivity index (χ0) is 23.7. The van der Waals surface area contributed by atoms with Crippen molar-refractivity contribution in [1.29, 1.82) is 0 Å². The summed E-state index contributed by atoms with van der Waals surface area (Å²) in [6, 6.07) is -0.623. The van der Waals surface area contributed by atoms with Crippen molar-refractivity contribution in [1.82, 2.24) is 5.32 Å². The van der Waals surface area contributed by atoms with Crippen LogP contribution in [-0.2, 0) is 4.79 Å². The van der Waals surface area contributed by atoms with E-state index in [1.807, 2.05) is 6.08 Å². The average molecular weight is 450 g/mol. The third-order valence-corrected chi connectivity index (χ3v) is 5.60. The third-order valence-electron chi connectivity index (χ3n) is 5.60. The fourth-order valence-corrected chi connectivity index (χ4v) is 3.50. The minimum absolute atomic E-state index is 0.0878. The number of allylic oxidation sites excluding steroid dienone is 5. The highest BCUT2D eigenvalue weighted by atomic mass is 16.3. The van der Waals surface area contributed by atoms with Gasteiger partial charge in [-0.2, -0.15) is 0 Å². The maximum Gasteiger partial charge on any atom is 0.220 e. The predicted molar refractivity (Wildman–Crippen MR) is 138 cm³/mol. The Bertz CT molecular complexity index is 499. The molecule has 0 rings (SSSR count). The second-order valence-corrected chi connectivity index (χ2v) is 8.75. The van der Waals surface area contributed by atoms with E-state index in [4.69, 9.17) is 0 Å². The Morgan fingerprint density at radius 3 is 2.00 bits per heavy atom. The van der Waals surface area contributed by atoms with Gasteiger partial charge in [-0.3, -0.25) is 4.79 Å². The molecule has 0 saturated heterocycles. The Balaban J connectivity index is 3.75. The van der Waals surface area contributed by atoms with E-state index in [0.29, 0.717) is 6.42 Å². The lowest BCUT2D eigenvalue weighted by molar-refractivity contribution is -0.123. The molecular formula is C28H51NO3. The van der Waals surface area contributed by atoms with E-state index in [0.717, 1.165) is 44.9 Å². The van der Waals surface area contributed by atoms with Crippen molar-refractivity contribution in [2.75, 3.05) is 6.61 Å². The molecule has 0 saturated carbocycles. The number of unbranched alkanes of at least 4 members (excludes halogenated alkanes) is 11. The molecule has 32 heavy (non-hydrogen) atoms. The molecule has 186 valence electrons. The van der Waals surface area contributed by atoms with E-state index in [2.05, 4.69) is 43.5 Å². The van der Waals surface area contributed by atoms with Crippen molar-refractivity contribution in [2.45, 2.75) is 129 Å². The molecule has 4 nitrogen and oxygen atoms in total. The summed E-state index contributed by atoms with van der Waals surface area (Å²) in [7, 11) is 0. The fourth-order valence-electron chi connectivity index (χ4n) is 3.50. The van der Waals surface area contributed by atoms with Crippen LogP contribution < -0.4 is 5.32 Å². The molecule has 0 fully saturated rings. The largest absolute Gasteiger partial charge is 0.394 e. The Labute approximate surface area is 198 Å². The summed E-state index contributed by atoms with van der Waals surface area (Å²) >= 11 is 0. The van der Waals surface area contributed by atoms with Gasteiger partial charge in [-0.25, -0.2) is 0 Å². The van der Waals surface area contributed by atoms with Crippen LogP contribution in [0.3, 0.4) is 0 Å². The first-order chi connectivity index (χ1) is 15.7. The van der Waals surface area contributed by atoms with Gasteiger partial charge < -0.3 is 15.5 Å². The molecular weight excluding hydrogens is 398 g/mol. The molecule has 0 heterocycles. The highest BCUT2D eigenvalue weighted by molar-refractivity contribution is 5.76. The van der Waals surface area contributed by atoms with Crippen LogP contribution in [0.4, 0.5) is 0 Å². The number of rotatable bonds is 22. The quantitative estimate of drug-likeness (QED) is 0.126. The zero-order valence-electron chi connectivity index (χ0n) is 20.9. The van der Waals surface area contributed by atoms with E-state index < -0.39 is 12.1 Å². The van der Waals surface area contributed by atoms with Gasteiger partial charge >= 0.3 is 0 Å². The topological polar surface area (TPSA) is 69.6 Å². The van der Waals surface area contributed by atoms with Gasteiger partial charge in [0, 0.05) is 6.42 Å². The average Bonchev–Trinajstić information content (AvgIpc) is 2.79. The molecule has 0 aromatic rings. The Morgan fingerprint density at radius 2 is 1.34 bits per heavy atom. The van der Waals surface area contributed by atoms with Gasteiger partial charge in [-0.15, -0.1) is 0 Å². The predicted octanol–water partition coefficient (Wildman–Crippen LogP) is 6.77. The lowest BCUT2D eigenvalue weighted by atomic mass is 10.1.